The Balaban J connectivity index is 1.36. The lowest BCUT2D eigenvalue weighted by atomic mass is 10.1. The van der Waals surface area contributed by atoms with Gasteiger partial charge in [0.25, 0.3) is 0 Å². The minimum Gasteiger partial charge on any atom is -0.368 e. The summed E-state index contributed by atoms with van der Waals surface area (Å²) in [5.74, 6) is 2.60. The predicted molar refractivity (Wildman–Crippen MR) is 103 cm³/mol. The Labute approximate surface area is 153 Å². The van der Waals surface area contributed by atoms with Gasteiger partial charge in [0, 0.05) is 37.8 Å². The van der Waals surface area contributed by atoms with E-state index in [1.807, 2.05) is 10.6 Å². The number of hydrogen-bond acceptors (Lipinski definition) is 5. The van der Waals surface area contributed by atoms with Crippen LogP contribution >= 0.6 is 0 Å². The normalized spacial score (nSPS) is 17.9. The van der Waals surface area contributed by atoms with Gasteiger partial charge in [-0.05, 0) is 56.0 Å². The molecule has 5 rings (SSSR count). The van der Waals surface area contributed by atoms with Gasteiger partial charge in [-0.2, -0.15) is 4.52 Å². The van der Waals surface area contributed by atoms with E-state index in [2.05, 4.69) is 58.1 Å². The fourth-order valence-electron chi connectivity index (χ4n) is 3.80. The Hall–Kier alpha value is -2.63. The van der Waals surface area contributed by atoms with Crippen LogP contribution in [-0.4, -0.2) is 46.0 Å². The van der Waals surface area contributed by atoms with Gasteiger partial charge in [-0.1, -0.05) is 12.1 Å². The zero-order valence-electron chi connectivity index (χ0n) is 15.4. The standard InChI is InChI=1S/C20H24N6/c1-14-3-4-15(2)17(13-14)24-9-11-25(12-10-24)19-8-7-18-21-22-20(16-5-6-16)26(18)23-19/h3-4,7-8,13,16H,5-6,9-12H2,1-2H3. The van der Waals surface area contributed by atoms with E-state index < -0.39 is 0 Å². The van der Waals surface area contributed by atoms with Crippen LogP contribution in [0, 0.1) is 13.8 Å². The van der Waals surface area contributed by atoms with Gasteiger partial charge in [0.15, 0.2) is 11.5 Å². The molecular weight excluding hydrogens is 324 g/mol. The van der Waals surface area contributed by atoms with Crippen molar-refractivity contribution in [3.05, 3.63) is 47.3 Å². The number of rotatable bonds is 3. The Morgan fingerprint density at radius 1 is 0.885 bits per heavy atom. The van der Waals surface area contributed by atoms with Gasteiger partial charge in [0.05, 0.1) is 0 Å². The number of hydrogen-bond donors (Lipinski definition) is 0. The molecule has 0 spiro atoms. The van der Waals surface area contributed by atoms with E-state index >= 15 is 0 Å². The lowest BCUT2D eigenvalue weighted by Crippen LogP contribution is -2.47. The van der Waals surface area contributed by atoms with Crippen molar-refractivity contribution < 1.29 is 0 Å². The molecule has 0 radical (unpaired) electrons. The number of aryl methyl sites for hydroxylation is 2. The number of piperazine rings is 1. The van der Waals surface area contributed by atoms with Gasteiger partial charge in [0.2, 0.25) is 0 Å². The maximum atomic E-state index is 4.85. The Kier molecular flexibility index (Phi) is 3.58. The third kappa shape index (κ3) is 2.69. The molecule has 2 aromatic heterocycles. The molecule has 3 heterocycles. The molecule has 1 saturated heterocycles. The molecule has 1 saturated carbocycles. The minimum atomic E-state index is 0.550. The van der Waals surface area contributed by atoms with Crippen LogP contribution in [0.25, 0.3) is 5.65 Å². The van der Waals surface area contributed by atoms with Crippen LogP contribution in [0.15, 0.2) is 30.3 Å². The second-order valence-electron chi connectivity index (χ2n) is 7.56. The average Bonchev–Trinajstić information content (AvgIpc) is 3.43. The van der Waals surface area contributed by atoms with E-state index in [1.54, 1.807) is 0 Å². The smallest absolute Gasteiger partial charge is 0.178 e. The van der Waals surface area contributed by atoms with Gasteiger partial charge >= 0.3 is 0 Å². The second kappa shape index (κ2) is 5.97. The molecule has 0 bridgehead atoms. The third-order valence-corrected chi connectivity index (χ3v) is 5.52. The molecule has 1 aliphatic heterocycles. The van der Waals surface area contributed by atoms with E-state index in [9.17, 15) is 0 Å². The molecule has 2 fully saturated rings. The van der Waals surface area contributed by atoms with E-state index in [1.165, 1.54) is 29.7 Å². The maximum Gasteiger partial charge on any atom is 0.178 e. The first-order chi connectivity index (χ1) is 12.7. The summed E-state index contributed by atoms with van der Waals surface area (Å²) < 4.78 is 1.95. The molecule has 3 aromatic rings. The van der Waals surface area contributed by atoms with Crippen LogP contribution in [0.2, 0.25) is 0 Å². The van der Waals surface area contributed by atoms with Crippen molar-refractivity contribution in [3.63, 3.8) is 0 Å². The van der Waals surface area contributed by atoms with Crippen molar-refractivity contribution in [2.24, 2.45) is 0 Å². The van der Waals surface area contributed by atoms with Crippen LogP contribution in [0.4, 0.5) is 11.5 Å². The lowest BCUT2D eigenvalue weighted by Gasteiger charge is -2.37. The third-order valence-electron chi connectivity index (χ3n) is 5.52. The Bertz CT molecular complexity index is 950. The summed E-state index contributed by atoms with van der Waals surface area (Å²) in [5, 5.41) is 13.4. The van der Waals surface area contributed by atoms with Crippen molar-refractivity contribution in [1.82, 2.24) is 19.8 Å². The topological polar surface area (TPSA) is 49.6 Å². The summed E-state index contributed by atoms with van der Waals surface area (Å²) in [6.45, 7) is 8.35. The number of benzene rings is 1. The van der Waals surface area contributed by atoms with Crippen LogP contribution in [0.5, 0.6) is 0 Å². The molecular formula is C20H24N6. The first-order valence-corrected chi connectivity index (χ1v) is 9.48. The van der Waals surface area contributed by atoms with Crippen LogP contribution in [-0.2, 0) is 0 Å². The van der Waals surface area contributed by atoms with E-state index in [0.717, 1.165) is 43.5 Å². The summed E-state index contributed by atoms with van der Waals surface area (Å²) in [6, 6.07) is 10.8. The van der Waals surface area contributed by atoms with Crippen molar-refractivity contribution in [3.8, 4) is 0 Å². The Morgan fingerprint density at radius 3 is 2.42 bits per heavy atom. The highest BCUT2D eigenvalue weighted by atomic mass is 15.4. The summed E-state index contributed by atoms with van der Waals surface area (Å²) in [5.41, 5.74) is 4.88. The van der Waals surface area contributed by atoms with Crippen molar-refractivity contribution in [2.75, 3.05) is 36.0 Å². The molecule has 1 aromatic carbocycles. The van der Waals surface area contributed by atoms with Crippen molar-refractivity contribution >= 4 is 17.2 Å². The lowest BCUT2D eigenvalue weighted by molar-refractivity contribution is 0.638. The molecule has 134 valence electrons. The van der Waals surface area contributed by atoms with Gasteiger partial charge in [-0.15, -0.1) is 15.3 Å². The monoisotopic (exact) mass is 348 g/mol. The molecule has 0 unspecified atom stereocenters. The molecule has 1 aliphatic carbocycles. The Morgan fingerprint density at radius 2 is 1.65 bits per heavy atom. The fraction of sp³-hybridized carbons (Fsp3) is 0.450. The minimum absolute atomic E-state index is 0.550. The average molecular weight is 348 g/mol. The van der Waals surface area contributed by atoms with Crippen LogP contribution < -0.4 is 9.80 Å². The van der Waals surface area contributed by atoms with Crippen molar-refractivity contribution in [1.29, 1.82) is 0 Å². The molecule has 0 atom stereocenters. The number of anilines is 2. The highest BCUT2D eigenvalue weighted by Gasteiger charge is 2.29. The van der Waals surface area contributed by atoms with Crippen LogP contribution in [0.3, 0.4) is 0 Å². The number of fused-ring (bicyclic) bond motifs is 1. The maximum absolute atomic E-state index is 4.85. The molecule has 6 nitrogen and oxygen atoms in total. The number of aromatic nitrogens is 4. The first kappa shape index (κ1) is 15.6. The highest BCUT2D eigenvalue weighted by Crippen LogP contribution is 2.38. The SMILES string of the molecule is Cc1ccc(C)c(N2CCN(c3ccc4nnc(C5CC5)n4n3)CC2)c1. The molecule has 6 heteroatoms. The number of nitrogens with zero attached hydrogens (tertiary/aromatic N) is 6. The molecule has 2 aliphatic rings. The summed E-state index contributed by atoms with van der Waals surface area (Å²) in [6.07, 6.45) is 2.42. The summed E-state index contributed by atoms with van der Waals surface area (Å²) in [4.78, 5) is 4.86. The summed E-state index contributed by atoms with van der Waals surface area (Å²) in [7, 11) is 0. The van der Waals surface area contributed by atoms with Gasteiger partial charge in [-0.25, -0.2) is 0 Å². The van der Waals surface area contributed by atoms with Gasteiger partial charge < -0.3 is 9.80 Å². The van der Waals surface area contributed by atoms with Crippen LogP contribution in [0.1, 0.15) is 35.7 Å². The highest BCUT2D eigenvalue weighted by molar-refractivity contribution is 5.56. The van der Waals surface area contributed by atoms with E-state index in [4.69, 9.17) is 5.10 Å². The van der Waals surface area contributed by atoms with Gasteiger partial charge in [0.1, 0.15) is 5.82 Å². The first-order valence-electron chi connectivity index (χ1n) is 9.48. The largest absolute Gasteiger partial charge is 0.368 e. The predicted octanol–water partition coefficient (Wildman–Crippen LogP) is 2.95. The zero-order valence-corrected chi connectivity index (χ0v) is 15.4. The zero-order chi connectivity index (χ0) is 17.7. The quantitative estimate of drug-likeness (QED) is 0.728. The molecule has 26 heavy (non-hydrogen) atoms. The molecule has 0 amide bonds. The molecule has 0 N–H and O–H groups in total. The fourth-order valence-corrected chi connectivity index (χ4v) is 3.80. The summed E-state index contributed by atoms with van der Waals surface area (Å²) >= 11 is 0. The second-order valence-corrected chi connectivity index (χ2v) is 7.56. The van der Waals surface area contributed by atoms with Crippen molar-refractivity contribution in [2.45, 2.75) is 32.6 Å². The van der Waals surface area contributed by atoms with E-state index in [-0.39, 0.29) is 0 Å². The van der Waals surface area contributed by atoms with Gasteiger partial charge in [-0.3, -0.25) is 0 Å². The van der Waals surface area contributed by atoms with E-state index in [0.29, 0.717) is 5.92 Å².